The van der Waals surface area contributed by atoms with Crippen LogP contribution in [0, 0.1) is 12.3 Å². The van der Waals surface area contributed by atoms with E-state index >= 15 is 0 Å². The van der Waals surface area contributed by atoms with Crippen LogP contribution in [-0.2, 0) is 4.74 Å². The number of methoxy groups -OCH3 is 1. The summed E-state index contributed by atoms with van der Waals surface area (Å²) >= 11 is 0. The quantitative estimate of drug-likeness (QED) is 0.859. The summed E-state index contributed by atoms with van der Waals surface area (Å²) in [7, 11) is 3.57. The molecule has 1 atom stereocenters. The van der Waals surface area contributed by atoms with E-state index in [9.17, 15) is 4.79 Å². The molecule has 3 rings (SSSR count). The highest BCUT2D eigenvalue weighted by molar-refractivity contribution is 5.87. The van der Waals surface area contributed by atoms with Gasteiger partial charge in [0.15, 0.2) is 5.69 Å². The molecule has 0 aromatic carbocycles. The summed E-state index contributed by atoms with van der Waals surface area (Å²) in [6.07, 6.45) is 6.71. The third-order valence-corrected chi connectivity index (χ3v) is 5.37. The standard InChI is InChI=1S/C17H26N4O2/c1-12-9-14(15(22)23-3)20-16(19-12)18-10-13-5-8-17(6-4-7-17)11-21(13)2/h9,13H,4-8,10-11H2,1-3H3,(H,18,19,20). The van der Waals surface area contributed by atoms with E-state index in [1.807, 2.05) is 6.92 Å². The van der Waals surface area contributed by atoms with Crippen LogP contribution in [0.15, 0.2) is 6.07 Å². The molecule has 1 N–H and O–H groups in total. The molecule has 1 aliphatic heterocycles. The van der Waals surface area contributed by atoms with Crippen LogP contribution < -0.4 is 5.32 Å². The number of hydrogen-bond donors (Lipinski definition) is 1. The molecule has 2 fully saturated rings. The molecule has 0 radical (unpaired) electrons. The molecular formula is C17H26N4O2. The summed E-state index contributed by atoms with van der Waals surface area (Å²) in [5.41, 5.74) is 1.66. The molecule has 1 aliphatic carbocycles. The zero-order valence-electron chi connectivity index (χ0n) is 14.3. The first kappa shape index (κ1) is 16.2. The number of rotatable bonds is 4. The Bertz CT molecular complexity index is 586. The second-order valence-corrected chi connectivity index (χ2v) is 7.05. The number of hydrogen-bond acceptors (Lipinski definition) is 6. The van der Waals surface area contributed by atoms with E-state index in [1.165, 1.54) is 45.8 Å². The van der Waals surface area contributed by atoms with Gasteiger partial charge in [-0.2, -0.15) is 0 Å². The average Bonchev–Trinajstić information content (AvgIpc) is 2.50. The lowest BCUT2D eigenvalue weighted by molar-refractivity contribution is 0.00576. The topological polar surface area (TPSA) is 67.3 Å². The van der Waals surface area contributed by atoms with Crippen molar-refractivity contribution in [2.75, 3.05) is 32.6 Å². The third kappa shape index (κ3) is 3.47. The molecular weight excluding hydrogens is 292 g/mol. The van der Waals surface area contributed by atoms with Crippen molar-refractivity contribution < 1.29 is 9.53 Å². The number of likely N-dealkylation sites (N-methyl/N-ethyl adjacent to an activating group) is 1. The van der Waals surface area contributed by atoms with Gasteiger partial charge < -0.3 is 15.0 Å². The second-order valence-electron chi connectivity index (χ2n) is 7.05. The third-order valence-electron chi connectivity index (χ3n) is 5.37. The maximum atomic E-state index is 11.6. The number of likely N-dealkylation sites (tertiary alicyclic amines) is 1. The van der Waals surface area contributed by atoms with Crippen molar-refractivity contribution >= 4 is 11.9 Å². The predicted octanol–water partition coefficient (Wildman–Crippen LogP) is 2.25. The first-order valence-corrected chi connectivity index (χ1v) is 8.39. The Kier molecular flexibility index (Phi) is 4.53. The van der Waals surface area contributed by atoms with Crippen LogP contribution in [-0.4, -0.2) is 54.1 Å². The van der Waals surface area contributed by atoms with Crippen molar-refractivity contribution in [2.24, 2.45) is 5.41 Å². The lowest BCUT2D eigenvalue weighted by atomic mass is 9.63. The minimum atomic E-state index is -0.430. The fourth-order valence-electron chi connectivity index (χ4n) is 3.84. The maximum absolute atomic E-state index is 11.6. The molecule has 1 spiro atoms. The lowest BCUT2D eigenvalue weighted by Gasteiger charge is -2.51. The van der Waals surface area contributed by atoms with Gasteiger partial charge in [0.1, 0.15) is 0 Å². The number of aromatic nitrogens is 2. The number of carbonyl (C=O) groups excluding carboxylic acids is 1. The van der Waals surface area contributed by atoms with E-state index in [0.29, 0.717) is 23.1 Å². The minimum absolute atomic E-state index is 0.299. The minimum Gasteiger partial charge on any atom is -0.464 e. The van der Waals surface area contributed by atoms with E-state index in [1.54, 1.807) is 6.07 Å². The van der Waals surface area contributed by atoms with Gasteiger partial charge in [-0.25, -0.2) is 14.8 Å². The van der Waals surface area contributed by atoms with Gasteiger partial charge in [0.2, 0.25) is 5.95 Å². The number of aryl methyl sites for hydroxylation is 1. The van der Waals surface area contributed by atoms with Crippen molar-refractivity contribution in [3.63, 3.8) is 0 Å². The molecule has 1 saturated carbocycles. The molecule has 0 amide bonds. The van der Waals surface area contributed by atoms with E-state index in [-0.39, 0.29) is 0 Å². The van der Waals surface area contributed by atoms with Crippen LogP contribution in [0.4, 0.5) is 5.95 Å². The second kappa shape index (κ2) is 6.43. The average molecular weight is 318 g/mol. The smallest absolute Gasteiger partial charge is 0.356 e. The van der Waals surface area contributed by atoms with Crippen molar-refractivity contribution in [1.82, 2.24) is 14.9 Å². The molecule has 6 nitrogen and oxygen atoms in total. The number of ether oxygens (including phenoxy) is 1. The Balaban J connectivity index is 1.60. The number of carbonyl (C=O) groups is 1. The molecule has 126 valence electrons. The summed E-state index contributed by atoms with van der Waals surface area (Å²) in [5.74, 6) is 0.0722. The Labute approximate surface area is 137 Å². The summed E-state index contributed by atoms with van der Waals surface area (Å²) < 4.78 is 4.73. The van der Waals surface area contributed by atoms with Gasteiger partial charge in [0.25, 0.3) is 0 Å². The molecule has 6 heteroatoms. The van der Waals surface area contributed by atoms with Crippen molar-refractivity contribution in [3.8, 4) is 0 Å². The summed E-state index contributed by atoms with van der Waals surface area (Å²) in [5, 5.41) is 3.30. The highest BCUT2D eigenvalue weighted by Gasteiger charge is 2.42. The Hall–Kier alpha value is -1.69. The predicted molar refractivity (Wildman–Crippen MR) is 88.5 cm³/mol. The van der Waals surface area contributed by atoms with Crippen molar-refractivity contribution in [3.05, 3.63) is 17.5 Å². The molecule has 1 unspecified atom stereocenters. The Morgan fingerprint density at radius 2 is 2.22 bits per heavy atom. The summed E-state index contributed by atoms with van der Waals surface area (Å²) in [6, 6.07) is 2.14. The van der Waals surface area contributed by atoms with Crippen LogP contribution in [0.2, 0.25) is 0 Å². The molecule has 0 bridgehead atoms. The first-order chi connectivity index (χ1) is 11.0. The van der Waals surface area contributed by atoms with Gasteiger partial charge in [-0.1, -0.05) is 6.42 Å². The molecule has 1 aromatic rings. The van der Waals surface area contributed by atoms with Crippen molar-refractivity contribution in [2.45, 2.75) is 45.1 Å². The van der Waals surface area contributed by atoms with Gasteiger partial charge in [0, 0.05) is 24.8 Å². The van der Waals surface area contributed by atoms with Gasteiger partial charge in [0.05, 0.1) is 7.11 Å². The summed E-state index contributed by atoms with van der Waals surface area (Å²) in [4.78, 5) is 22.7. The van der Waals surface area contributed by atoms with E-state index in [0.717, 1.165) is 12.2 Å². The zero-order valence-corrected chi connectivity index (χ0v) is 14.3. The highest BCUT2D eigenvalue weighted by Crippen LogP contribution is 2.48. The number of nitrogens with one attached hydrogen (secondary N) is 1. The number of nitrogens with zero attached hydrogens (tertiary/aromatic N) is 3. The lowest BCUT2D eigenvalue weighted by Crippen LogP contribution is -2.51. The molecule has 2 heterocycles. The fraction of sp³-hybridized carbons (Fsp3) is 0.706. The molecule has 23 heavy (non-hydrogen) atoms. The molecule has 2 aliphatic rings. The SMILES string of the molecule is COC(=O)c1cc(C)nc(NCC2CCC3(CCC3)CN2C)n1. The summed E-state index contributed by atoms with van der Waals surface area (Å²) in [6.45, 7) is 3.85. The van der Waals surface area contributed by atoms with Gasteiger partial charge in [-0.15, -0.1) is 0 Å². The van der Waals surface area contributed by atoms with E-state index in [2.05, 4.69) is 27.2 Å². The zero-order chi connectivity index (χ0) is 16.4. The maximum Gasteiger partial charge on any atom is 0.356 e. The van der Waals surface area contributed by atoms with Gasteiger partial charge in [-0.3, -0.25) is 0 Å². The molecule has 1 aromatic heterocycles. The van der Waals surface area contributed by atoms with Crippen molar-refractivity contribution in [1.29, 1.82) is 0 Å². The monoisotopic (exact) mass is 318 g/mol. The Morgan fingerprint density at radius 1 is 1.43 bits per heavy atom. The Morgan fingerprint density at radius 3 is 2.83 bits per heavy atom. The van der Waals surface area contributed by atoms with Gasteiger partial charge >= 0.3 is 5.97 Å². The van der Waals surface area contributed by atoms with Crippen LogP contribution in [0.3, 0.4) is 0 Å². The number of piperidine rings is 1. The number of anilines is 1. The first-order valence-electron chi connectivity index (χ1n) is 8.39. The van der Waals surface area contributed by atoms with E-state index < -0.39 is 5.97 Å². The highest BCUT2D eigenvalue weighted by atomic mass is 16.5. The van der Waals surface area contributed by atoms with E-state index in [4.69, 9.17) is 4.74 Å². The fourth-order valence-corrected chi connectivity index (χ4v) is 3.84. The molecule has 1 saturated heterocycles. The van der Waals surface area contributed by atoms with Crippen LogP contribution in [0.5, 0.6) is 0 Å². The number of esters is 1. The normalized spacial score (nSPS) is 23.3. The van der Waals surface area contributed by atoms with Crippen LogP contribution in [0.1, 0.15) is 48.3 Å². The van der Waals surface area contributed by atoms with Gasteiger partial charge in [-0.05, 0) is 51.1 Å². The van der Waals surface area contributed by atoms with Crippen LogP contribution in [0.25, 0.3) is 0 Å². The largest absolute Gasteiger partial charge is 0.464 e. The van der Waals surface area contributed by atoms with Crippen LogP contribution >= 0.6 is 0 Å².